The van der Waals surface area contributed by atoms with Crippen LogP contribution in [-0.2, 0) is 0 Å². The molecule has 0 radical (unpaired) electrons. The smallest absolute Gasteiger partial charge is 0.161 e. The Kier molecular flexibility index (Phi) is 2.45. The number of ketones is 1. The molecule has 0 saturated heterocycles. The minimum absolute atomic E-state index is 0.00904. The van der Waals surface area contributed by atoms with Gasteiger partial charge in [0.15, 0.2) is 5.78 Å². The van der Waals surface area contributed by atoms with E-state index < -0.39 is 0 Å². The number of aryl methyl sites for hydroxylation is 1. The maximum absolute atomic E-state index is 11.4. The highest BCUT2D eigenvalue weighted by atomic mass is 35.5. The normalized spacial score (nSPS) is 10.6. The fraction of sp³-hybridized carbons (Fsp3) is 0.167. The zero-order chi connectivity index (χ0) is 11.0. The number of carbonyl (C=O) groups excluding carboxylic acids is 1. The van der Waals surface area contributed by atoms with Crippen LogP contribution in [0.2, 0.25) is 5.02 Å². The van der Waals surface area contributed by atoms with Gasteiger partial charge >= 0.3 is 0 Å². The van der Waals surface area contributed by atoms with Crippen molar-refractivity contribution < 1.29 is 4.79 Å². The van der Waals surface area contributed by atoms with Crippen molar-refractivity contribution >= 4 is 28.3 Å². The Balaban J connectivity index is 2.91. The molecule has 15 heavy (non-hydrogen) atoms. The van der Waals surface area contributed by atoms with Gasteiger partial charge in [0, 0.05) is 16.6 Å². The van der Waals surface area contributed by atoms with Gasteiger partial charge in [0.2, 0.25) is 0 Å². The summed E-state index contributed by atoms with van der Waals surface area (Å²) in [7, 11) is 0. The zero-order valence-corrected chi connectivity index (χ0v) is 9.30. The van der Waals surface area contributed by atoms with Crippen LogP contribution in [0, 0.1) is 6.92 Å². The van der Waals surface area contributed by atoms with E-state index in [0.29, 0.717) is 16.1 Å². The number of hydrogen-bond acceptors (Lipinski definition) is 2. The third-order valence-corrected chi connectivity index (χ3v) is 2.61. The summed E-state index contributed by atoms with van der Waals surface area (Å²) in [5, 5.41) is 1.47. The highest BCUT2D eigenvalue weighted by Gasteiger charge is 2.09. The number of hydrogen-bond donors (Lipinski definition) is 0. The average Bonchev–Trinajstić information content (AvgIpc) is 2.16. The lowest BCUT2D eigenvalue weighted by atomic mass is 10.1. The Morgan fingerprint density at radius 2 is 2.13 bits per heavy atom. The number of nitrogens with zero attached hydrogens (tertiary/aromatic N) is 1. The second-order valence-electron chi connectivity index (χ2n) is 3.50. The Bertz CT molecular complexity index is 549. The van der Waals surface area contributed by atoms with Crippen LogP contribution in [0.3, 0.4) is 0 Å². The summed E-state index contributed by atoms with van der Waals surface area (Å²) in [6, 6.07) is 7.26. The third-order valence-electron chi connectivity index (χ3n) is 2.30. The first-order valence-electron chi connectivity index (χ1n) is 4.66. The van der Waals surface area contributed by atoms with Crippen molar-refractivity contribution in [1.82, 2.24) is 4.98 Å². The van der Waals surface area contributed by atoms with Gasteiger partial charge in [0.05, 0.1) is 10.5 Å². The summed E-state index contributed by atoms with van der Waals surface area (Å²) in [5.74, 6) is 0.00904. The summed E-state index contributed by atoms with van der Waals surface area (Å²) >= 11 is 6.09. The fourth-order valence-corrected chi connectivity index (χ4v) is 1.92. The predicted octanol–water partition coefficient (Wildman–Crippen LogP) is 3.40. The Labute approximate surface area is 92.9 Å². The lowest BCUT2D eigenvalue weighted by Gasteiger charge is -2.05. The van der Waals surface area contributed by atoms with E-state index in [1.54, 1.807) is 12.1 Å². The minimum atomic E-state index is 0.00904. The number of carbonyl (C=O) groups is 1. The lowest BCUT2D eigenvalue weighted by molar-refractivity contribution is 0.101. The molecule has 0 aliphatic heterocycles. The van der Waals surface area contributed by atoms with Crippen molar-refractivity contribution in [2.45, 2.75) is 13.8 Å². The molecule has 0 N–H and O–H groups in total. The summed E-state index contributed by atoms with van der Waals surface area (Å²) in [4.78, 5) is 15.8. The Morgan fingerprint density at radius 1 is 1.40 bits per heavy atom. The Hall–Kier alpha value is -1.41. The SMILES string of the molecule is CC(=O)c1cccc2c(Cl)cc(C)nc12. The first kappa shape index (κ1) is 10.1. The summed E-state index contributed by atoms with van der Waals surface area (Å²) in [6.45, 7) is 3.40. The second kappa shape index (κ2) is 3.63. The zero-order valence-electron chi connectivity index (χ0n) is 8.54. The van der Waals surface area contributed by atoms with Gasteiger partial charge in [-0.1, -0.05) is 23.7 Å². The second-order valence-corrected chi connectivity index (χ2v) is 3.91. The maximum atomic E-state index is 11.4. The van der Waals surface area contributed by atoms with Crippen molar-refractivity contribution in [2.75, 3.05) is 0 Å². The van der Waals surface area contributed by atoms with Crippen molar-refractivity contribution in [1.29, 1.82) is 0 Å². The molecule has 2 rings (SSSR count). The minimum Gasteiger partial charge on any atom is -0.294 e. The van der Waals surface area contributed by atoms with Gasteiger partial charge in [-0.05, 0) is 26.0 Å². The molecule has 0 saturated carbocycles. The van der Waals surface area contributed by atoms with Gasteiger partial charge in [-0.3, -0.25) is 9.78 Å². The molecule has 1 heterocycles. The number of Topliss-reactive ketones (excluding diaryl/α,β-unsaturated/α-hetero) is 1. The molecule has 0 unspecified atom stereocenters. The van der Waals surface area contributed by atoms with E-state index in [2.05, 4.69) is 4.98 Å². The summed E-state index contributed by atoms with van der Waals surface area (Å²) < 4.78 is 0. The van der Waals surface area contributed by atoms with Crippen LogP contribution >= 0.6 is 11.6 Å². The molecule has 2 nitrogen and oxygen atoms in total. The van der Waals surface area contributed by atoms with E-state index in [9.17, 15) is 4.79 Å². The number of aromatic nitrogens is 1. The van der Waals surface area contributed by atoms with E-state index >= 15 is 0 Å². The van der Waals surface area contributed by atoms with E-state index in [0.717, 1.165) is 11.1 Å². The molecule has 76 valence electrons. The summed E-state index contributed by atoms with van der Waals surface area (Å²) in [6.07, 6.45) is 0. The molecule has 0 aliphatic carbocycles. The van der Waals surface area contributed by atoms with Crippen LogP contribution < -0.4 is 0 Å². The maximum Gasteiger partial charge on any atom is 0.161 e. The van der Waals surface area contributed by atoms with Gasteiger partial charge < -0.3 is 0 Å². The van der Waals surface area contributed by atoms with Crippen LogP contribution in [0.4, 0.5) is 0 Å². The lowest BCUT2D eigenvalue weighted by Crippen LogP contribution is -1.96. The van der Waals surface area contributed by atoms with Gasteiger partial charge in [-0.2, -0.15) is 0 Å². The first-order chi connectivity index (χ1) is 7.09. The highest BCUT2D eigenvalue weighted by Crippen LogP contribution is 2.25. The van der Waals surface area contributed by atoms with Crippen molar-refractivity contribution in [3.05, 3.63) is 40.5 Å². The molecular weight excluding hydrogens is 210 g/mol. The van der Waals surface area contributed by atoms with Crippen LogP contribution in [0.1, 0.15) is 23.0 Å². The molecule has 0 atom stereocenters. The number of benzene rings is 1. The summed E-state index contributed by atoms with van der Waals surface area (Å²) in [5.41, 5.74) is 2.13. The quantitative estimate of drug-likeness (QED) is 0.688. The number of halogens is 1. The van der Waals surface area contributed by atoms with Crippen LogP contribution in [-0.4, -0.2) is 10.8 Å². The molecule has 1 aromatic carbocycles. The molecular formula is C12H10ClNO. The molecule has 0 aliphatic rings. The van der Waals surface area contributed by atoms with Crippen LogP contribution in [0.25, 0.3) is 10.9 Å². The third kappa shape index (κ3) is 1.73. The molecule has 0 fully saturated rings. The number of fused-ring (bicyclic) bond motifs is 1. The topological polar surface area (TPSA) is 30.0 Å². The van der Waals surface area contributed by atoms with E-state index in [4.69, 9.17) is 11.6 Å². The number of pyridine rings is 1. The van der Waals surface area contributed by atoms with Crippen LogP contribution in [0.5, 0.6) is 0 Å². The average molecular weight is 220 g/mol. The van der Waals surface area contributed by atoms with Crippen molar-refractivity contribution in [3.63, 3.8) is 0 Å². The van der Waals surface area contributed by atoms with Gasteiger partial charge in [-0.15, -0.1) is 0 Å². The van der Waals surface area contributed by atoms with Gasteiger partial charge in [0.25, 0.3) is 0 Å². The van der Waals surface area contributed by atoms with Crippen molar-refractivity contribution in [2.24, 2.45) is 0 Å². The van der Waals surface area contributed by atoms with E-state index in [1.165, 1.54) is 6.92 Å². The molecule has 0 bridgehead atoms. The van der Waals surface area contributed by atoms with E-state index in [-0.39, 0.29) is 5.78 Å². The molecule has 1 aromatic heterocycles. The van der Waals surface area contributed by atoms with Crippen LogP contribution in [0.15, 0.2) is 24.3 Å². The monoisotopic (exact) mass is 219 g/mol. The molecule has 0 spiro atoms. The first-order valence-corrected chi connectivity index (χ1v) is 5.04. The van der Waals surface area contributed by atoms with Crippen molar-refractivity contribution in [3.8, 4) is 0 Å². The molecule has 2 aromatic rings. The van der Waals surface area contributed by atoms with Gasteiger partial charge in [0.1, 0.15) is 0 Å². The molecule has 3 heteroatoms. The highest BCUT2D eigenvalue weighted by molar-refractivity contribution is 6.35. The largest absolute Gasteiger partial charge is 0.294 e. The van der Waals surface area contributed by atoms with E-state index in [1.807, 2.05) is 19.1 Å². The van der Waals surface area contributed by atoms with Gasteiger partial charge in [-0.25, -0.2) is 0 Å². The number of para-hydroxylation sites is 1. The Morgan fingerprint density at radius 3 is 2.80 bits per heavy atom. The number of rotatable bonds is 1. The predicted molar refractivity (Wildman–Crippen MR) is 61.5 cm³/mol. The molecule has 0 amide bonds. The standard InChI is InChI=1S/C12H10ClNO/c1-7-6-11(13)10-5-3-4-9(8(2)15)12(10)14-7/h3-6H,1-2H3. The fourth-order valence-electron chi connectivity index (χ4n) is 1.61.